The second kappa shape index (κ2) is 8.92. The van der Waals surface area contributed by atoms with Crippen LogP contribution in [0.5, 0.6) is 0 Å². The first-order valence-electron chi connectivity index (χ1n) is 12.7. The number of ether oxygens (including phenoxy) is 1. The van der Waals surface area contributed by atoms with Crippen molar-refractivity contribution in [1.29, 1.82) is 0 Å². The van der Waals surface area contributed by atoms with Gasteiger partial charge in [-0.3, -0.25) is 14.2 Å². The van der Waals surface area contributed by atoms with Gasteiger partial charge in [0, 0.05) is 41.5 Å². The maximum Gasteiger partial charge on any atom is 0.345 e. The predicted octanol–water partition coefficient (Wildman–Crippen LogP) is 4.28. The minimum atomic E-state index is -0.0216. The zero-order valence-corrected chi connectivity index (χ0v) is 20.8. The number of rotatable bonds is 4. The maximum atomic E-state index is 13.7. The molecule has 4 aromatic rings. The van der Waals surface area contributed by atoms with Gasteiger partial charge in [-0.1, -0.05) is 30.3 Å². The number of fused-ring (bicyclic) bond motifs is 3. The number of benzene rings is 2. The number of aromatic amines is 1. The molecule has 184 valence electrons. The summed E-state index contributed by atoms with van der Waals surface area (Å²) in [5.41, 5.74) is 5.32. The van der Waals surface area contributed by atoms with E-state index in [0.29, 0.717) is 21.7 Å². The molecular formula is C29H31N4O3+. The van der Waals surface area contributed by atoms with Gasteiger partial charge in [0.1, 0.15) is 6.54 Å². The summed E-state index contributed by atoms with van der Waals surface area (Å²) in [5, 5.41) is 0.914. The second-order valence-electron chi connectivity index (χ2n) is 10.3. The highest BCUT2D eigenvalue weighted by molar-refractivity contribution is 6.14. The highest BCUT2D eigenvalue weighted by Gasteiger charge is 2.43. The Kier molecular flexibility index (Phi) is 5.71. The monoisotopic (exact) mass is 483 g/mol. The zero-order valence-electron chi connectivity index (χ0n) is 20.8. The molecule has 2 saturated heterocycles. The molecule has 2 atom stereocenters. The predicted molar refractivity (Wildman–Crippen MR) is 140 cm³/mol. The molecular weight excluding hydrogens is 452 g/mol. The highest BCUT2D eigenvalue weighted by Crippen LogP contribution is 2.32. The van der Waals surface area contributed by atoms with Gasteiger partial charge in [0.25, 0.3) is 0 Å². The fraction of sp³-hybridized carbons (Fsp3) is 0.345. The van der Waals surface area contributed by atoms with E-state index < -0.39 is 0 Å². The molecule has 1 amide bonds. The van der Waals surface area contributed by atoms with E-state index in [2.05, 4.69) is 16.9 Å². The summed E-state index contributed by atoms with van der Waals surface area (Å²) >= 11 is 0. The lowest BCUT2D eigenvalue weighted by Gasteiger charge is -2.32. The number of nitrogens with zero attached hydrogens (tertiary/aromatic N) is 3. The average Bonchev–Trinajstić information content (AvgIpc) is 3.49. The fourth-order valence-electron chi connectivity index (χ4n) is 5.84. The number of pyridine rings is 1. The number of amides is 1. The minimum absolute atomic E-state index is 0.0216. The van der Waals surface area contributed by atoms with Crippen molar-refractivity contribution in [3.63, 3.8) is 0 Å². The van der Waals surface area contributed by atoms with Crippen molar-refractivity contribution in [3.05, 3.63) is 65.7 Å². The third-order valence-corrected chi connectivity index (χ3v) is 7.87. The number of nitrogens with one attached hydrogen (secondary N) is 1. The van der Waals surface area contributed by atoms with Crippen molar-refractivity contribution in [2.24, 2.45) is 0 Å². The van der Waals surface area contributed by atoms with E-state index in [9.17, 15) is 9.59 Å². The number of ketones is 1. The van der Waals surface area contributed by atoms with E-state index in [0.717, 1.165) is 79.0 Å². The fourth-order valence-corrected chi connectivity index (χ4v) is 5.84. The van der Waals surface area contributed by atoms with E-state index in [1.165, 1.54) is 0 Å². The standard InChI is InChI=1S/C29H30N4O3/c1-19(34)24-17-25(20-6-4-3-5-7-20)30-27-23-9-8-21(16-26(23)31-28(24)27)29(35)33(2)13-10-22(18-33)32-11-14-36-15-12-32/h3-9,16-17,22H,10-15,18H2,1-2H3/p+1. The molecule has 2 fully saturated rings. The maximum absolute atomic E-state index is 13.7. The quantitative estimate of drug-likeness (QED) is 0.347. The molecule has 0 bridgehead atoms. The SMILES string of the molecule is CC(=O)c1cc(-c2ccccc2)nc2c1[nH]c1cc(C(=O)[N+]3(C)CCC(N4CCOCC4)C3)ccc12. The van der Waals surface area contributed by atoms with Gasteiger partial charge in [-0.05, 0) is 31.2 Å². The number of aromatic nitrogens is 2. The van der Waals surface area contributed by atoms with Crippen LogP contribution in [0.2, 0.25) is 0 Å². The van der Waals surface area contributed by atoms with E-state index >= 15 is 0 Å². The van der Waals surface area contributed by atoms with Gasteiger partial charge >= 0.3 is 5.91 Å². The Morgan fingerprint density at radius 3 is 2.61 bits per heavy atom. The van der Waals surface area contributed by atoms with Crippen molar-refractivity contribution in [2.75, 3.05) is 46.4 Å². The lowest BCUT2D eigenvalue weighted by Crippen LogP contribution is -2.51. The van der Waals surface area contributed by atoms with E-state index in [1.807, 2.05) is 54.6 Å². The number of likely N-dealkylation sites (tertiary alicyclic amines) is 1. The number of morpholine rings is 1. The van der Waals surface area contributed by atoms with Crippen LogP contribution < -0.4 is 0 Å². The Balaban J connectivity index is 1.36. The number of carbonyl (C=O) groups excluding carboxylic acids is 2. The normalized spacial score (nSPS) is 22.9. The molecule has 2 aromatic heterocycles. The van der Waals surface area contributed by atoms with Crippen molar-refractivity contribution >= 4 is 33.6 Å². The first-order valence-corrected chi connectivity index (χ1v) is 12.7. The molecule has 6 rings (SSSR count). The number of Topliss-reactive ketones (excluding diaryl/α,β-unsaturated/α-hetero) is 1. The Morgan fingerprint density at radius 1 is 1.08 bits per heavy atom. The molecule has 36 heavy (non-hydrogen) atoms. The smallest absolute Gasteiger partial charge is 0.345 e. The number of H-pyrrole nitrogens is 1. The number of hydrogen-bond acceptors (Lipinski definition) is 5. The number of hydrogen-bond donors (Lipinski definition) is 1. The van der Waals surface area contributed by atoms with Gasteiger partial charge in [-0.25, -0.2) is 9.78 Å². The number of likely N-dealkylation sites (N-methyl/N-ethyl adjacent to an activating group) is 1. The summed E-state index contributed by atoms with van der Waals surface area (Å²) in [4.78, 5) is 37.1. The van der Waals surface area contributed by atoms with Gasteiger partial charge in [0.05, 0.1) is 55.1 Å². The van der Waals surface area contributed by atoms with E-state index in [4.69, 9.17) is 9.72 Å². The average molecular weight is 484 g/mol. The van der Waals surface area contributed by atoms with Crippen LogP contribution in [0.3, 0.4) is 0 Å². The second-order valence-corrected chi connectivity index (χ2v) is 10.3. The van der Waals surface area contributed by atoms with Crippen LogP contribution in [0, 0.1) is 0 Å². The highest BCUT2D eigenvalue weighted by atomic mass is 16.5. The van der Waals surface area contributed by atoms with Gasteiger partial charge < -0.3 is 9.72 Å². The van der Waals surface area contributed by atoms with Crippen LogP contribution in [-0.2, 0) is 4.74 Å². The molecule has 7 nitrogen and oxygen atoms in total. The Hall–Kier alpha value is -3.39. The summed E-state index contributed by atoms with van der Waals surface area (Å²) < 4.78 is 5.91. The molecule has 7 heteroatoms. The zero-order chi connectivity index (χ0) is 24.9. The molecule has 4 heterocycles. The van der Waals surface area contributed by atoms with Crippen LogP contribution in [0.15, 0.2) is 54.6 Å². The van der Waals surface area contributed by atoms with Crippen LogP contribution in [0.25, 0.3) is 33.2 Å². The molecule has 2 unspecified atom stereocenters. The molecule has 1 N–H and O–H groups in total. The summed E-state index contributed by atoms with van der Waals surface area (Å²) in [7, 11) is 2.06. The summed E-state index contributed by atoms with van der Waals surface area (Å²) in [6, 6.07) is 18.0. The first kappa shape index (κ1) is 23.0. The minimum Gasteiger partial charge on any atom is -0.379 e. The van der Waals surface area contributed by atoms with Gasteiger partial charge in [-0.15, -0.1) is 0 Å². The third kappa shape index (κ3) is 3.93. The third-order valence-electron chi connectivity index (χ3n) is 7.87. The molecule has 2 aliphatic heterocycles. The summed E-state index contributed by atoms with van der Waals surface area (Å²) in [6.45, 7) is 6.66. The Bertz CT molecular complexity index is 1470. The van der Waals surface area contributed by atoms with Crippen molar-refractivity contribution < 1.29 is 18.8 Å². The lowest BCUT2D eigenvalue weighted by molar-refractivity contribution is -0.816. The summed E-state index contributed by atoms with van der Waals surface area (Å²) in [6.07, 6.45) is 1.02. The van der Waals surface area contributed by atoms with Crippen LogP contribution >= 0.6 is 0 Å². The first-order chi connectivity index (χ1) is 17.4. The van der Waals surface area contributed by atoms with Crippen molar-refractivity contribution in [2.45, 2.75) is 19.4 Å². The Morgan fingerprint density at radius 2 is 1.86 bits per heavy atom. The number of carbonyl (C=O) groups is 2. The molecule has 0 spiro atoms. The van der Waals surface area contributed by atoms with Crippen molar-refractivity contribution in [3.8, 4) is 11.3 Å². The largest absolute Gasteiger partial charge is 0.379 e. The molecule has 0 aliphatic carbocycles. The Labute approximate surface area is 210 Å². The molecule has 0 radical (unpaired) electrons. The topological polar surface area (TPSA) is 75.3 Å². The molecule has 0 saturated carbocycles. The lowest BCUT2D eigenvalue weighted by atomic mass is 10.0. The van der Waals surface area contributed by atoms with Gasteiger partial charge in [-0.2, -0.15) is 0 Å². The molecule has 2 aromatic carbocycles. The van der Waals surface area contributed by atoms with Crippen LogP contribution in [0.1, 0.15) is 34.1 Å². The van der Waals surface area contributed by atoms with Gasteiger partial charge in [0.2, 0.25) is 0 Å². The van der Waals surface area contributed by atoms with Crippen LogP contribution in [0.4, 0.5) is 0 Å². The summed E-state index contributed by atoms with van der Waals surface area (Å²) in [5.74, 6) is 0.114. The van der Waals surface area contributed by atoms with E-state index in [-0.39, 0.29) is 11.7 Å². The molecule has 2 aliphatic rings. The van der Waals surface area contributed by atoms with Crippen LogP contribution in [-0.4, -0.2) is 83.5 Å². The number of quaternary nitrogens is 1. The van der Waals surface area contributed by atoms with Gasteiger partial charge in [0.15, 0.2) is 5.78 Å². The van der Waals surface area contributed by atoms with E-state index in [1.54, 1.807) is 6.92 Å². The van der Waals surface area contributed by atoms with Crippen molar-refractivity contribution in [1.82, 2.24) is 14.9 Å².